The molecule has 1 aliphatic rings. The number of amides is 1. The SMILES string of the molecule is O=C(c1cnc2ccccn2c1=O)N1CCOC[C@H](CO)C1. The van der Waals surface area contributed by atoms with Crippen molar-refractivity contribution in [2.45, 2.75) is 0 Å². The molecule has 1 saturated heterocycles. The Labute approximate surface area is 126 Å². The highest BCUT2D eigenvalue weighted by Gasteiger charge is 2.25. The number of fused-ring (bicyclic) bond motifs is 1. The maximum atomic E-state index is 12.6. The van der Waals surface area contributed by atoms with Crippen LogP contribution in [0.4, 0.5) is 0 Å². The van der Waals surface area contributed by atoms with E-state index in [0.29, 0.717) is 32.0 Å². The summed E-state index contributed by atoms with van der Waals surface area (Å²) in [4.78, 5) is 30.8. The third-order valence-corrected chi connectivity index (χ3v) is 3.73. The summed E-state index contributed by atoms with van der Waals surface area (Å²) in [6.45, 7) is 1.51. The van der Waals surface area contributed by atoms with Crippen LogP contribution in [-0.2, 0) is 4.74 Å². The summed E-state index contributed by atoms with van der Waals surface area (Å²) in [6.07, 6.45) is 2.91. The predicted molar refractivity (Wildman–Crippen MR) is 78.8 cm³/mol. The van der Waals surface area contributed by atoms with Crippen LogP contribution in [0.1, 0.15) is 10.4 Å². The summed E-state index contributed by atoms with van der Waals surface area (Å²) in [5.41, 5.74) is 0.139. The lowest BCUT2D eigenvalue weighted by molar-refractivity contribution is 0.0726. The molecule has 0 aliphatic carbocycles. The fourth-order valence-electron chi connectivity index (χ4n) is 2.52. The van der Waals surface area contributed by atoms with Crippen LogP contribution in [0.3, 0.4) is 0 Å². The molecule has 22 heavy (non-hydrogen) atoms. The molecular formula is C15H17N3O4. The third kappa shape index (κ3) is 2.72. The standard InChI is InChI=1S/C15H17N3O4/c19-9-11-8-17(5-6-22-10-11)14(20)12-7-16-13-3-1-2-4-18(13)15(12)21/h1-4,7,11,19H,5-6,8-10H2/t11-/m0/s1. The van der Waals surface area contributed by atoms with Crippen LogP contribution in [-0.4, -0.2) is 58.2 Å². The number of rotatable bonds is 2. The molecule has 0 aromatic carbocycles. The smallest absolute Gasteiger partial charge is 0.270 e. The number of aliphatic hydroxyl groups excluding tert-OH is 1. The summed E-state index contributed by atoms with van der Waals surface area (Å²) in [6, 6.07) is 5.20. The second kappa shape index (κ2) is 6.25. The highest BCUT2D eigenvalue weighted by atomic mass is 16.5. The van der Waals surface area contributed by atoms with Gasteiger partial charge in [0.15, 0.2) is 0 Å². The first-order chi connectivity index (χ1) is 10.7. The van der Waals surface area contributed by atoms with E-state index in [0.717, 1.165) is 0 Å². The molecule has 1 atom stereocenters. The number of carbonyl (C=O) groups excluding carboxylic acids is 1. The van der Waals surface area contributed by atoms with Crippen molar-refractivity contribution < 1.29 is 14.6 Å². The van der Waals surface area contributed by atoms with Crippen LogP contribution < -0.4 is 5.56 Å². The molecular weight excluding hydrogens is 286 g/mol. The monoisotopic (exact) mass is 303 g/mol. The lowest BCUT2D eigenvalue weighted by Gasteiger charge is -2.22. The van der Waals surface area contributed by atoms with Crippen LogP contribution in [0, 0.1) is 5.92 Å². The number of aliphatic hydroxyl groups is 1. The normalized spacial score (nSPS) is 19.1. The largest absolute Gasteiger partial charge is 0.396 e. The molecule has 0 unspecified atom stereocenters. The summed E-state index contributed by atoms with van der Waals surface area (Å²) in [5, 5.41) is 9.29. The number of hydrogen-bond donors (Lipinski definition) is 1. The molecule has 2 aromatic heterocycles. The Hall–Kier alpha value is -2.25. The number of ether oxygens (including phenoxy) is 1. The van der Waals surface area contributed by atoms with Crippen molar-refractivity contribution >= 4 is 11.6 Å². The highest BCUT2D eigenvalue weighted by molar-refractivity contribution is 5.93. The molecule has 116 valence electrons. The van der Waals surface area contributed by atoms with E-state index in [1.54, 1.807) is 29.3 Å². The zero-order chi connectivity index (χ0) is 15.5. The van der Waals surface area contributed by atoms with Gasteiger partial charge in [0.25, 0.3) is 11.5 Å². The van der Waals surface area contributed by atoms with Gasteiger partial charge in [0.2, 0.25) is 0 Å². The maximum absolute atomic E-state index is 12.6. The predicted octanol–water partition coefficient (Wildman–Crippen LogP) is -0.225. The van der Waals surface area contributed by atoms with Gasteiger partial charge in [-0.1, -0.05) is 6.07 Å². The molecule has 3 rings (SSSR count). The van der Waals surface area contributed by atoms with E-state index in [2.05, 4.69) is 4.98 Å². The maximum Gasteiger partial charge on any atom is 0.270 e. The number of pyridine rings is 1. The average molecular weight is 303 g/mol. The molecule has 7 heteroatoms. The molecule has 2 aromatic rings. The quantitative estimate of drug-likeness (QED) is 0.829. The van der Waals surface area contributed by atoms with Gasteiger partial charge in [0.1, 0.15) is 11.2 Å². The minimum Gasteiger partial charge on any atom is -0.396 e. The molecule has 3 heterocycles. The third-order valence-electron chi connectivity index (χ3n) is 3.73. The summed E-state index contributed by atoms with van der Waals surface area (Å²) >= 11 is 0. The van der Waals surface area contributed by atoms with Gasteiger partial charge in [-0.3, -0.25) is 14.0 Å². The Kier molecular flexibility index (Phi) is 4.17. The number of hydrogen-bond acceptors (Lipinski definition) is 5. The van der Waals surface area contributed by atoms with Crippen molar-refractivity contribution in [2.24, 2.45) is 5.92 Å². The van der Waals surface area contributed by atoms with Crippen molar-refractivity contribution in [1.82, 2.24) is 14.3 Å². The molecule has 0 bridgehead atoms. The topological polar surface area (TPSA) is 84.1 Å². The molecule has 1 amide bonds. The van der Waals surface area contributed by atoms with Crippen LogP contribution >= 0.6 is 0 Å². The Morgan fingerprint density at radius 3 is 3.14 bits per heavy atom. The molecule has 0 saturated carbocycles. The lowest BCUT2D eigenvalue weighted by Crippen LogP contribution is -2.39. The molecule has 1 aliphatic heterocycles. The van der Waals surface area contributed by atoms with Gasteiger partial charge in [-0.2, -0.15) is 0 Å². The van der Waals surface area contributed by atoms with Gasteiger partial charge >= 0.3 is 0 Å². The molecule has 0 radical (unpaired) electrons. The fraction of sp³-hybridized carbons (Fsp3) is 0.400. The van der Waals surface area contributed by atoms with Gasteiger partial charge < -0.3 is 14.7 Å². The van der Waals surface area contributed by atoms with Gasteiger partial charge in [0, 0.05) is 38.0 Å². The Morgan fingerprint density at radius 1 is 1.45 bits per heavy atom. The summed E-state index contributed by atoms with van der Waals surface area (Å²) < 4.78 is 6.71. The lowest BCUT2D eigenvalue weighted by atomic mass is 10.1. The van der Waals surface area contributed by atoms with E-state index in [9.17, 15) is 14.7 Å². The van der Waals surface area contributed by atoms with Crippen LogP contribution in [0.5, 0.6) is 0 Å². The summed E-state index contributed by atoms with van der Waals surface area (Å²) in [7, 11) is 0. The minimum absolute atomic E-state index is 0.0299. The van der Waals surface area contributed by atoms with E-state index in [4.69, 9.17) is 4.74 Å². The Bertz CT molecular complexity index is 743. The molecule has 7 nitrogen and oxygen atoms in total. The number of nitrogens with zero attached hydrogens (tertiary/aromatic N) is 3. The molecule has 1 fully saturated rings. The van der Waals surface area contributed by atoms with Crippen LogP contribution in [0.15, 0.2) is 35.4 Å². The van der Waals surface area contributed by atoms with Crippen molar-refractivity contribution in [3.8, 4) is 0 Å². The summed E-state index contributed by atoms with van der Waals surface area (Å²) in [5.74, 6) is -0.512. The van der Waals surface area contributed by atoms with E-state index >= 15 is 0 Å². The van der Waals surface area contributed by atoms with Gasteiger partial charge in [-0.05, 0) is 12.1 Å². The van der Waals surface area contributed by atoms with Crippen molar-refractivity contribution in [3.63, 3.8) is 0 Å². The van der Waals surface area contributed by atoms with Crippen molar-refractivity contribution in [3.05, 3.63) is 46.5 Å². The number of carbonyl (C=O) groups is 1. The van der Waals surface area contributed by atoms with E-state index in [1.165, 1.54) is 10.6 Å². The first-order valence-electron chi connectivity index (χ1n) is 7.15. The second-order valence-electron chi connectivity index (χ2n) is 5.28. The zero-order valence-electron chi connectivity index (χ0n) is 12.0. The first kappa shape index (κ1) is 14.7. The van der Waals surface area contributed by atoms with Crippen molar-refractivity contribution in [2.75, 3.05) is 32.9 Å². The second-order valence-corrected chi connectivity index (χ2v) is 5.28. The van der Waals surface area contributed by atoms with Crippen molar-refractivity contribution in [1.29, 1.82) is 0 Å². The van der Waals surface area contributed by atoms with Gasteiger partial charge in [-0.25, -0.2) is 4.98 Å². The van der Waals surface area contributed by atoms with Crippen LogP contribution in [0.25, 0.3) is 5.65 Å². The first-order valence-corrected chi connectivity index (χ1v) is 7.15. The van der Waals surface area contributed by atoms with E-state index < -0.39 is 0 Å². The zero-order valence-corrected chi connectivity index (χ0v) is 12.0. The van der Waals surface area contributed by atoms with E-state index in [-0.39, 0.29) is 29.6 Å². The number of aromatic nitrogens is 2. The Morgan fingerprint density at radius 2 is 2.32 bits per heavy atom. The highest BCUT2D eigenvalue weighted by Crippen LogP contribution is 2.09. The van der Waals surface area contributed by atoms with Crippen LogP contribution in [0.2, 0.25) is 0 Å². The van der Waals surface area contributed by atoms with E-state index in [1.807, 2.05) is 0 Å². The van der Waals surface area contributed by atoms with Gasteiger partial charge in [-0.15, -0.1) is 0 Å². The van der Waals surface area contributed by atoms with Gasteiger partial charge in [0.05, 0.1) is 13.2 Å². The fourth-order valence-corrected chi connectivity index (χ4v) is 2.52. The average Bonchev–Trinajstić information content (AvgIpc) is 2.80. The Balaban J connectivity index is 1.94. The molecule has 1 N–H and O–H groups in total. The minimum atomic E-state index is -0.388. The molecule has 0 spiro atoms.